The van der Waals surface area contributed by atoms with E-state index < -0.39 is 0 Å². The molecule has 0 spiro atoms. The quantitative estimate of drug-likeness (QED) is 0.829. The highest BCUT2D eigenvalue weighted by Gasteiger charge is 2.30. The van der Waals surface area contributed by atoms with Crippen molar-refractivity contribution in [1.82, 2.24) is 15.1 Å². The maximum absolute atomic E-state index is 11.2. The van der Waals surface area contributed by atoms with E-state index in [1.54, 1.807) is 6.92 Å². The molecule has 1 N–H and O–H groups in total. The molecule has 1 fully saturated rings. The largest absolute Gasteiger partial charge is 0.494 e. The van der Waals surface area contributed by atoms with Gasteiger partial charge in [0.05, 0.1) is 6.61 Å². The predicted molar refractivity (Wildman–Crippen MR) is 97.2 cm³/mol. The minimum absolute atomic E-state index is 0.0561. The van der Waals surface area contributed by atoms with E-state index in [-0.39, 0.29) is 5.91 Å². The Kier molecular flexibility index (Phi) is 7.06. The number of hydrogen-bond acceptors (Lipinski definition) is 4. The van der Waals surface area contributed by atoms with Gasteiger partial charge < -0.3 is 15.0 Å². The first kappa shape index (κ1) is 18.7. The number of carbonyl (C=O) groups is 1. The molecule has 2 atom stereocenters. The van der Waals surface area contributed by atoms with Gasteiger partial charge in [0.15, 0.2) is 0 Å². The lowest BCUT2D eigenvalue weighted by Crippen LogP contribution is -2.52. The highest BCUT2D eigenvalue weighted by Crippen LogP contribution is 2.25. The van der Waals surface area contributed by atoms with Crippen LogP contribution in [0.15, 0.2) is 24.3 Å². The van der Waals surface area contributed by atoms with Crippen LogP contribution in [0.2, 0.25) is 0 Å². The van der Waals surface area contributed by atoms with Crippen molar-refractivity contribution < 1.29 is 9.53 Å². The molecule has 0 bridgehead atoms. The van der Waals surface area contributed by atoms with Gasteiger partial charge in [0.1, 0.15) is 5.75 Å². The molecule has 2 rings (SSSR count). The van der Waals surface area contributed by atoms with Crippen molar-refractivity contribution in [3.63, 3.8) is 0 Å². The zero-order valence-corrected chi connectivity index (χ0v) is 15.4. The Bertz CT molecular complexity index is 533. The summed E-state index contributed by atoms with van der Waals surface area (Å²) in [5, 5.41) is 2.99. The smallest absolute Gasteiger partial charge is 0.216 e. The van der Waals surface area contributed by atoms with E-state index in [1.165, 1.54) is 5.56 Å². The molecule has 0 aliphatic carbocycles. The number of nitrogens with one attached hydrogen (secondary N) is 1. The molecule has 0 saturated carbocycles. The summed E-state index contributed by atoms with van der Waals surface area (Å²) in [6.07, 6.45) is 1.10. The first-order valence-electron chi connectivity index (χ1n) is 8.85. The summed E-state index contributed by atoms with van der Waals surface area (Å²) in [6, 6.07) is 8.75. The van der Waals surface area contributed by atoms with Crippen molar-refractivity contribution in [2.45, 2.75) is 32.9 Å². The number of para-hydroxylation sites is 1. The van der Waals surface area contributed by atoms with Crippen LogP contribution >= 0.6 is 0 Å². The van der Waals surface area contributed by atoms with Crippen molar-refractivity contribution in [1.29, 1.82) is 0 Å². The molecule has 1 aromatic carbocycles. The van der Waals surface area contributed by atoms with Crippen LogP contribution < -0.4 is 10.1 Å². The molecule has 5 heteroatoms. The molecule has 1 aromatic rings. The summed E-state index contributed by atoms with van der Waals surface area (Å²) in [5.74, 6) is 1.55. The molecule has 24 heavy (non-hydrogen) atoms. The molecule has 1 aliphatic rings. The van der Waals surface area contributed by atoms with Crippen molar-refractivity contribution in [2.24, 2.45) is 5.92 Å². The number of carbonyl (C=O) groups excluding carboxylic acids is 1. The molecular formula is C19H31N3O2. The normalized spacial score (nSPS) is 21.7. The summed E-state index contributed by atoms with van der Waals surface area (Å²) in [4.78, 5) is 16.0. The Morgan fingerprint density at radius 2 is 2.12 bits per heavy atom. The Morgan fingerprint density at radius 3 is 2.79 bits per heavy atom. The third-order valence-electron chi connectivity index (χ3n) is 4.75. The number of benzene rings is 1. The third kappa shape index (κ3) is 5.21. The van der Waals surface area contributed by atoms with Gasteiger partial charge in [-0.3, -0.25) is 9.69 Å². The fraction of sp³-hybridized carbons (Fsp3) is 0.632. The summed E-state index contributed by atoms with van der Waals surface area (Å²) in [6.45, 7) is 8.04. The predicted octanol–water partition coefficient (Wildman–Crippen LogP) is 1.97. The third-order valence-corrected chi connectivity index (χ3v) is 4.75. The number of piperidine rings is 1. The van der Waals surface area contributed by atoms with Crippen LogP contribution in [0, 0.1) is 5.92 Å². The van der Waals surface area contributed by atoms with Crippen molar-refractivity contribution >= 4 is 5.91 Å². The summed E-state index contributed by atoms with van der Waals surface area (Å²) in [7, 11) is 4.26. The second-order valence-electron chi connectivity index (χ2n) is 6.79. The van der Waals surface area contributed by atoms with E-state index in [0.717, 1.165) is 38.3 Å². The minimum Gasteiger partial charge on any atom is -0.494 e. The van der Waals surface area contributed by atoms with Gasteiger partial charge in [-0.05, 0) is 46.0 Å². The van der Waals surface area contributed by atoms with Crippen LogP contribution in [0.4, 0.5) is 0 Å². The summed E-state index contributed by atoms with van der Waals surface area (Å²) >= 11 is 0. The Morgan fingerprint density at radius 1 is 1.38 bits per heavy atom. The molecule has 5 nitrogen and oxygen atoms in total. The number of rotatable bonds is 7. The average Bonchev–Trinajstić information content (AvgIpc) is 2.55. The van der Waals surface area contributed by atoms with Crippen LogP contribution in [0.1, 0.15) is 25.8 Å². The number of likely N-dealkylation sites (tertiary alicyclic amines) is 1. The molecule has 134 valence electrons. The maximum atomic E-state index is 11.2. The van der Waals surface area contributed by atoms with Gasteiger partial charge in [-0.15, -0.1) is 0 Å². The van der Waals surface area contributed by atoms with Gasteiger partial charge in [-0.1, -0.05) is 18.2 Å². The maximum Gasteiger partial charge on any atom is 0.216 e. The highest BCUT2D eigenvalue weighted by molar-refractivity contribution is 5.72. The average molecular weight is 333 g/mol. The second kappa shape index (κ2) is 9.04. The van der Waals surface area contributed by atoms with Crippen LogP contribution in [0.25, 0.3) is 0 Å². The topological polar surface area (TPSA) is 44.8 Å². The number of nitrogens with zero attached hydrogens (tertiary/aromatic N) is 2. The van der Waals surface area contributed by atoms with Gasteiger partial charge in [0.25, 0.3) is 0 Å². The first-order chi connectivity index (χ1) is 11.5. The van der Waals surface area contributed by atoms with Crippen LogP contribution in [0.5, 0.6) is 5.75 Å². The Hall–Kier alpha value is -1.59. The molecule has 0 radical (unpaired) electrons. The highest BCUT2D eigenvalue weighted by atomic mass is 16.5. The Balaban J connectivity index is 2.00. The van der Waals surface area contributed by atoms with Gasteiger partial charge >= 0.3 is 0 Å². The van der Waals surface area contributed by atoms with Crippen molar-refractivity contribution in [2.75, 3.05) is 40.3 Å². The summed E-state index contributed by atoms with van der Waals surface area (Å²) < 4.78 is 5.75. The van der Waals surface area contributed by atoms with Crippen LogP contribution in [-0.2, 0) is 11.3 Å². The summed E-state index contributed by atoms with van der Waals surface area (Å²) in [5.41, 5.74) is 1.25. The first-order valence-corrected chi connectivity index (χ1v) is 8.85. The van der Waals surface area contributed by atoms with Crippen LogP contribution in [-0.4, -0.2) is 62.1 Å². The van der Waals surface area contributed by atoms with E-state index in [1.807, 2.05) is 19.1 Å². The van der Waals surface area contributed by atoms with E-state index in [9.17, 15) is 4.79 Å². The van der Waals surface area contributed by atoms with Gasteiger partial charge in [0, 0.05) is 38.2 Å². The molecular weight excluding hydrogens is 302 g/mol. The zero-order chi connectivity index (χ0) is 17.5. The molecule has 1 aliphatic heterocycles. The fourth-order valence-corrected chi connectivity index (χ4v) is 3.46. The minimum atomic E-state index is 0.0561. The van der Waals surface area contributed by atoms with Crippen molar-refractivity contribution in [3.8, 4) is 5.75 Å². The number of amides is 1. The fourth-order valence-electron chi connectivity index (χ4n) is 3.46. The van der Waals surface area contributed by atoms with Gasteiger partial charge in [0.2, 0.25) is 5.91 Å². The van der Waals surface area contributed by atoms with E-state index in [4.69, 9.17) is 4.74 Å². The van der Waals surface area contributed by atoms with Gasteiger partial charge in [-0.2, -0.15) is 0 Å². The van der Waals surface area contributed by atoms with Crippen molar-refractivity contribution in [3.05, 3.63) is 29.8 Å². The van der Waals surface area contributed by atoms with E-state index in [0.29, 0.717) is 18.6 Å². The number of hydrogen-bond donors (Lipinski definition) is 1. The monoisotopic (exact) mass is 333 g/mol. The van der Waals surface area contributed by atoms with Gasteiger partial charge in [-0.25, -0.2) is 0 Å². The molecule has 1 heterocycles. The zero-order valence-electron chi connectivity index (χ0n) is 15.4. The number of ether oxygens (including phenoxy) is 1. The second-order valence-corrected chi connectivity index (χ2v) is 6.79. The molecule has 0 unspecified atom stereocenters. The lowest BCUT2D eigenvalue weighted by molar-refractivity contribution is -0.119. The van der Waals surface area contributed by atoms with E-state index >= 15 is 0 Å². The Labute approximate surface area is 146 Å². The molecule has 0 aromatic heterocycles. The lowest BCUT2D eigenvalue weighted by Gasteiger charge is -2.42. The van der Waals surface area contributed by atoms with Crippen LogP contribution in [0.3, 0.4) is 0 Å². The van der Waals surface area contributed by atoms with E-state index in [2.05, 4.69) is 41.3 Å². The lowest BCUT2D eigenvalue weighted by atomic mass is 9.90. The molecule has 1 amide bonds. The standard InChI is InChI=1S/C19H31N3O2/c1-5-24-19-9-7-6-8-17(19)13-22-11-10-16(12-20-15(2)23)18(14-22)21(3)4/h6-9,16,18H,5,10-14H2,1-4H3,(H,20,23)/t16-,18-/m1/s1. The number of likely N-dealkylation sites (N-methyl/N-ethyl adjacent to an activating group) is 1. The SMILES string of the molecule is CCOc1ccccc1CN1CC[C@H](CNC(C)=O)[C@H](N(C)C)C1. The molecule has 1 saturated heterocycles.